The lowest BCUT2D eigenvalue weighted by atomic mass is 10.1. The molecule has 0 aliphatic heterocycles. The van der Waals surface area contributed by atoms with E-state index in [2.05, 4.69) is 20.2 Å². The molecule has 0 radical (unpaired) electrons. The Kier molecular flexibility index (Phi) is 4.85. The highest BCUT2D eigenvalue weighted by molar-refractivity contribution is 5.40. The topological polar surface area (TPSA) is 41.1 Å². The van der Waals surface area contributed by atoms with Gasteiger partial charge in [-0.1, -0.05) is 12.1 Å². The largest absolute Gasteiger partial charge is 0.367 e. The number of halogens is 1. The number of hydrogen-bond donors (Lipinski definition) is 1. The fourth-order valence-corrected chi connectivity index (χ4v) is 2.21. The van der Waals surface area contributed by atoms with Crippen LogP contribution in [0.25, 0.3) is 0 Å². The van der Waals surface area contributed by atoms with Gasteiger partial charge < -0.3 is 10.2 Å². The summed E-state index contributed by atoms with van der Waals surface area (Å²) in [7, 11) is 3.96. The quantitative estimate of drug-likeness (QED) is 0.918. The molecule has 0 saturated carbocycles. The second-order valence-electron chi connectivity index (χ2n) is 5.36. The van der Waals surface area contributed by atoms with E-state index in [1.807, 2.05) is 34.0 Å². The van der Waals surface area contributed by atoms with Gasteiger partial charge in [-0.05, 0) is 45.6 Å². The summed E-state index contributed by atoms with van der Waals surface area (Å²) in [6, 6.07) is 6.76. The van der Waals surface area contributed by atoms with E-state index < -0.39 is 0 Å². The molecule has 2 rings (SSSR count). The second-order valence-corrected chi connectivity index (χ2v) is 5.36. The van der Waals surface area contributed by atoms with E-state index in [1.165, 1.54) is 6.07 Å². The van der Waals surface area contributed by atoms with Gasteiger partial charge in [0.1, 0.15) is 11.6 Å². The third-order valence-electron chi connectivity index (χ3n) is 3.40. The lowest BCUT2D eigenvalue weighted by Crippen LogP contribution is -2.27. The minimum atomic E-state index is -0.217. The summed E-state index contributed by atoms with van der Waals surface area (Å²) in [5.41, 5.74) is 2.67. The summed E-state index contributed by atoms with van der Waals surface area (Å²) in [5, 5.41) is 3.32. The number of aryl methyl sites for hydroxylation is 2. The van der Waals surface area contributed by atoms with E-state index >= 15 is 0 Å². The number of aromatic nitrogens is 2. The minimum absolute atomic E-state index is 0.0578. The zero-order valence-electron chi connectivity index (χ0n) is 12.9. The second kappa shape index (κ2) is 6.63. The van der Waals surface area contributed by atoms with Crippen LogP contribution in [0.2, 0.25) is 0 Å². The number of nitrogens with one attached hydrogen (secondary N) is 1. The molecule has 4 nitrogen and oxygen atoms in total. The Labute approximate surface area is 125 Å². The van der Waals surface area contributed by atoms with Crippen LogP contribution in [-0.4, -0.2) is 35.5 Å². The molecular formula is C16H21FN4. The Bertz CT molecular complexity index is 613. The maximum atomic E-state index is 13.4. The van der Waals surface area contributed by atoms with Crippen LogP contribution in [0.1, 0.15) is 23.0 Å². The molecule has 112 valence electrons. The Morgan fingerprint density at radius 2 is 2.05 bits per heavy atom. The smallest absolute Gasteiger partial charge is 0.147 e. The molecule has 5 heteroatoms. The van der Waals surface area contributed by atoms with Gasteiger partial charge in [0.25, 0.3) is 0 Å². The van der Waals surface area contributed by atoms with Crippen molar-refractivity contribution in [3.63, 3.8) is 0 Å². The van der Waals surface area contributed by atoms with Crippen LogP contribution in [0.15, 0.2) is 30.5 Å². The first-order chi connectivity index (χ1) is 9.97. The summed E-state index contributed by atoms with van der Waals surface area (Å²) in [4.78, 5) is 10.8. The van der Waals surface area contributed by atoms with E-state index in [0.29, 0.717) is 6.54 Å². The van der Waals surface area contributed by atoms with Gasteiger partial charge in [0.2, 0.25) is 0 Å². The highest BCUT2D eigenvalue weighted by Crippen LogP contribution is 2.20. The van der Waals surface area contributed by atoms with Gasteiger partial charge in [-0.25, -0.2) is 9.37 Å². The first-order valence-electron chi connectivity index (χ1n) is 6.93. The van der Waals surface area contributed by atoms with Crippen LogP contribution in [0.3, 0.4) is 0 Å². The van der Waals surface area contributed by atoms with Gasteiger partial charge in [-0.15, -0.1) is 0 Å². The molecule has 0 unspecified atom stereocenters. The number of likely N-dealkylation sites (N-methyl/N-ethyl adjacent to an activating group) is 1. The Balaban J connectivity index is 2.16. The monoisotopic (exact) mass is 288 g/mol. The predicted octanol–water partition coefficient (Wildman–Crippen LogP) is 2.95. The van der Waals surface area contributed by atoms with Crippen molar-refractivity contribution < 1.29 is 4.39 Å². The molecule has 0 spiro atoms. The molecule has 0 saturated heterocycles. The third kappa shape index (κ3) is 3.98. The van der Waals surface area contributed by atoms with Crippen molar-refractivity contribution in [3.05, 3.63) is 53.2 Å². The maximum absolute atomic E-state index is 13.4. The molecule has 1 heterocycles. The van der Waals surface area contributed by atoms with Gasteiger partial charge in [0.05, 0.1) is 17.4 Å². The number of nitrogens with zero attached hydrogens (tertiary/aromatic N) is 3. The zero-order valence-corrected chi connectivity index (χ0v) is 12.9. The molecule has 0 amide bonds. The van der Waals surface area contributed by atoms with E-state index in [0.717, 1.165) is 22.8 Å². The minimum Gasteiger partial charge on any atom is -0.367 e. The van der Waals surface area contributed by atoms with Crippen molar-refractivity contribution >= 4 is 5.82 Å². The van der Waals surface area contributed by atoms with Crippen LogP contribution in [0.5, 0.6) is 0 Å². The first kappa shape index (κ1) is 15.4. The molecular weight excluding hydrogens is 267 g/mol. The summed E-state index contributed by atoms with van der Waals surface area (Å²) in [6.45, 7) is 4.46. The summed E-state index contributed by atoms with van der Waals surface area (Å²) in [6.07, 6.45) is 1.75. The fourth-order valence-electron chi connectivity index (χ4n) is 2.21. The van der Waals surface area contributed by atoms with Gasteiger partial charge in [-0.2, -0.15) is 0 Å². The lowest BCUT2D eigenvalue weighted by molar-refractivity contribution is 0.311. The summed E-state index contributed by atoms with van der Waals surface area (Å²) in [5.74, 6) is 0.559. The SMILES string of the molecule is Cc1cnc(C)c(NC[C@H](c2cccc(F)c2)N(C)C)n1. The van der Waals surface area contributed by atoms with Crippen molar-refractivity contribution in [2.24, 2.45) is 0 Å². The molecule has 2 aromatic rings. The molecule has 1 aromatic carbocycles. The Morgan fingerprint density at radius 1 is 1.29 bits per heavy atom. The van der Waals surface area contributed by atoms with Gasteiger partial charge in [0.15, 0.2) is 0 Å². The molecule has 0 fully saturated rings. The normalized spacial score (nSPS) is 12.5. The van der Waals surface area contributed by atoms with Crippen LogP contribution < -0.4 is 5.32 Å². The number of rotatable bonds is 5. The van der Waals surface area contributed by atoms with Crippen LogP contribution >= 0.6 is 0 Å². The highest BCUT2D eigenvalue weighted by atomic mass is 19.1. The summed E-state index contributed by atoms with van der Waals surface area (Å²) < 4.78 is 13.4. The Hall–Kier alpha value is -2.01. The van der Waals surface area contributed by atoms with Crippen molar-refractivity contribution in [3.8, 4) is 0 Å². The molecule has 0 aliphatic rings. The van der Waals surface area contributed by atoms with Gasteiger partial charge in [-0.3, -0.25) is 4.98 Å². The predicted molar refractivity (Wildman–Crippen MR) is 82.8 cm³/mol. The molecule has 0 aliphatic carbocycles. The summed E-state index contributed by atoms with van der Waals surface area (Å²) >= 11 is 0. The number of benzene rings is 1. The van der Waals surface area contributed by atoms with Crippen LogP contribution in [-0.2, 0) is 0 Å². The number of anilines is 1. The van der Waals surface area contributed by atoms with E-state index in [-0.39, 0.29) is 11.9 Å². The lowest BCUT2D eigenvalue weighted by Gasteiger charge is -2.25. The van der Waals surface area contributed by atoms with Gasteiger partial charge >= 0.3 is 0 Å². The third-order valence-corrected chi connectivity index (χ3v) is 3.40. The van der Waals surface area contributed by atoms with Crippen LogP contribution in [0.4, 0.5) is 10.2 Å². The van der Waals surface area contributed by atoms with E-state index in [9.17, 15) is 4.39 Å². The van der Waals surface area contributed by atoms with E-state index in [1.54, 1.807) is 18.3 Å². The first-order valence-corrected chi connectivity index (χ1v) is 6.93. The average molecular weight is 288 g/mol. The van der Waals surface area contributed by atoms with E-state index in [4.69, 9.17) is 0 Å². The molecule has 1 N–H and O–H groups in total. The van der Waals surface area contributed by atoms with Crippen molar-refractivity contribution in [2.45, 2.75) is 19.9 Å². The zero-order chi connectivity index (χ0) is 15.4. The van der Waals surface area contributed by atoms with Crippen molar-refractivity contribution in [1.29, 1.82) is 0 Å². The van der Waals surface area contributed by atoms with Crippen molar-refractivity contribution in [1.82, 2.24) is 14.9 Å². The molecule has 1 atom stereocenters. The molecule has 0 bridgehead atoms. The maximum Gasteiger partial charge on any atom is 0.147 e. The Morgan fingerprint density at radius 3 is 2.71 bits per heavy atom. The highest BCUT2D eigenvalue weighted by Gasteiger charge is 2.15. The molecule has 1 aromatic heterocycles. The fraction of sp³-hybridized carbons (Fsp3) is 0.375. The molecule has 21 heavy (non-hydrogen) atoms. The number of hydrogen-bond acceptors (Lipinski definition) is 4. The van der Waals surface area contributed by atoms with Gasteiger partial charge in [0, 0.05) is 12.7 Å². The van der Waals surface area contributed by atoms with Crippen LogP contribution in [0, 0.1) is 19.7 Å². The van der Waals surface area contributed by atoms with Crippen molar-refractivity contribution in [2.75, 3.05) is 26.0 Å². The average Bonchev–Trinajstić information content (AvgIpc) is 2.42. The standard InChI is InChI=1S/C16H21FN4/c1-11-9-18-12(2)16(20-11)19-10-15(21(3)4)13-6-5-7-14(17)8-13/h5-9,15H,10H2,1-4H3,(H,19,20)/t15-/m1/s1.